The van der Waals surface area contributed by atoms with Crippen molar-refractivity contribution in [3.8, 4) is 10.6 Å². The molecule has 0 spiro atoms. The number of piperazine rings is 1. The summed E-state index contributed by atoms with van der Waals surface area (Å²) in [5, 5.41) is 8.68. The summed E-state index contributed by atoms with van der Waals surface area (Å²) in [5.74, 6) is 0. The number of amides is 2. The number of aromatic nitrogens is 3. The number of urea groups is 1. The Hall–Kier alpha value is -3.27. The predicted octanol–water partition coefficient (Wildman–Crippen LogP) is 4.44. The maximum Gasteiger partial charge on any atom is 0.321 e. The van der Waals surface area contributed by atoms with E-state index in [1.807, 2.05) is 55.1 Å². The lowest BCUT2D eigenvalue weighted by atomic mass is 10.1. The molecule has 2 aromatic carbocycles. The molecule has 2 amide bonds. The van der Waals surface area contributed by atoms with Gasteiger partial charge >= 0.3 is 6.03 Å². The molecule has 2 aromatic heterocycles. The summed E-state index contributed by atoms with van der Waals surface area (Å²) >= 11 is 7.64. The van der Waals surface area contributed by atoms with Gasteiger partial charge in [0.1, 0.15) is 5.01 Å². The van der Waals surface area contributed by atoms with Gasteiger partial charge < -0.3 is 10.2 Å². The van der Waals surface area contributed by atoms with Crippen LogP contribution in [-0.4, -0.2) is 56.6 Å². The molecule has 1 fully saturated rings. The molecule has 0 saturated carbocycles. The standard InChI is InChI=1S/C25H25ClN6O2S/c1-16-7-8-17(2)21(13-16)28-24(34)31-11-9-30(10-12-31)15-18-14-22(33)32-25(27-18)35-23(29-32)19-5-3-4-6-20(19)26/h3-8,13-14H,9-12,15H2,1-2H3,(H,28,34). The Morgan fingerprint density at radius 2 is 1.86 bits per heavy atom. The van der Waals surface area contributed by atoms with Crippen LogP contribution < -0.4 is 10.9 Å². The van der Waals surface area contributed by atoms with E-state index < -0.39 is 0 Å². The molecule has 10 heteroatoms. The van der Waals surface area contributed by atoms with E-state index >= 15 is 0 Å². The zero-order chi connectivity index (χ0) is 24.5. The van der Waals surface area contributed by atoms with Crippen LogP contribution in [0.3, 0.4) is 0 Å². The summed E-state index contributed by atoms with van der Waals surface area (Å²) in [6, 6.07) is 14.9. The topological polar surface area (TPSA) is 82.8 Å². The fraction of sp³-hybridized carbons (Fsp3) is 0.280. The molecule has 1 saturated heterocycles. The molecule has 0 aliphatic carbocycles. The average Bonchev–Trinajstić information content (AvgIpc) is 3.27. The maximum absolute atomic E-state index is 12.8. The molecule has 1 aliphatic heterocycles. The summed E-state index contributed by atoms with van der Waals surface area (Å²) < 4.78 is 1.32. The average molecular weight is 509 g/mol. The molecule has 0 unspecified atom stereocenters. The van der Waals surface area contributed by atoms with E-state index in [0.717, 1.165) is 22.4 Å². The molecular formula is C25H25ClN6O2S. The highest BCUT2D eigenvalue weighted by molar-refractivity contribution is 7.19. The zero-order valence-electron chi connectivity index (χ0n) is 19.5. The van der Waals surface area contributed by atoms with E-state index in [0.29, 0.717) is 53.4 Å². The molecule has 8 nitrogen and oxygen atoms in total. The van der Waals surface area contributed by atoms with E-state index in [4.69, 9.17) is 11.6 Å². The summed E-state index contributed by atoms with van der Waals surface area (Å²) in [6.07, 6.45) is 0. The third kappa shape index (κ3) is 5.07. The Morgan fingerprint density at radius 3 is 2.63 bits per heavy atom. The second-order valence-corrected chi connectivity index (χ2v) is 10.0. The highest BCUT2D eigenvalue weighted by atomic mass is 35.5. The first-order valence-corrected chi connectivity index (χ1v) is 12.6. The number of aryl methyl sites for hydroxylation is 2. The molecule has 0 radical (unpaired) electrons. The molecule has 4 aromatic rings. The Morgan fingerprint density at radius 1 is 1.09 bits per heavy atom. The Labute approximate surface area is 211 Å². The largest absolute Gasteiger partial charge is 0.322 e. The van der Waals surface area contributed by atoms with Gasteiger partial charge in [-0.25, -0.2) is 9.78 Å². The number of benzene rings is 2. The second-order valence-electron chi connectivity index (χ2n) is 8.68. The van der Waals surface area contributed by atoms with Crippen molar-refractivity contribution in [2.75, 3.05) is 31.5 Å². The van der Waals surface area contributed by atoms with Crippen LogP contribution in [0.25, 0.3) is 15.5 Å². The first kappa shape index (κ1) is 23.5. The number of nitrogens with one attached hydrogen (secondary N) is 1. The fourth-order valence-electron chi connectivity index (χ4n) is 4.08. The third-order valence-corrected chi connectivity index (χ3v) is 7.35. The lowest BCUT2D eigenvalue weighted by Crippen LogP contribution is -2.49. The van der Waals surface area contributed by atoms with Crippen LogP contribution in [0, 0.1) is 13.8 Å². The molecule has 3 heterocycles. The number of hydrogen-bond acceptors (Lipinski definition) is 6. The highest BCUT2D eigenvalue weighted by Crippen LogP contribution is 2.30. The van der Waals surface area contributed by atoms with Gasteiger partial charge in [-0.1, -0.05) is 53.3 Å². The number of hydrogen-bond donors (Lipinski definition) is 1. The first-order chi connectivity index (χ1) is 16.9. The SMILES string of the molecule is Cc1ccc(C)c(NC(=O)N2CCN(Cc3cc(=O)n4nc(-c5ccccc5Cl)sc4n3)CC2)c1. The van der Waals surface area contributed by atoms with Crippen molar-refractivity contribution in [2.24, 2.45) is 0 Å². The van der Waals surface area contributed by atoms with Crippen molar-refractivity contribution in [3.05, 3.63) is 80.7 Å². The number of rotatable bonds is 4. The van der Waals surface area contributed by atoms with E-state index in [-0.39, 0.29) is 11.6 Å². The quantitative estimate of drug-likeness (QED) is 0.440. The van der Waals surface area contributed by atoms with Crippen molar-refractivity contribution in [1.29, 1.82) is 0 Å². The van der Waals surface area contributed by atoms with Gasteiger partial charge in [-0.2, -0.15) is 9.61 Å². The van der Waals surface area contributed by atoms with Crippen molar-refractivity contribution in [3.63, 3.8) is 0 Å². The van der Waals surface area contributed by atoms with E-state index in [2.05, 4.69) is 20.3 Å². The number of nitrogens with zero attached hydrogens (tertiary/aromatic N) is 5. The molecule has 5 rings (SSSR count). The summed E-state index contributed by atoms with van der Waals surface area (Å²) in [5.41, 5.74) is 4.24. The van der Waals surface area contributed by atoms with Gasteiger partial charge in [0.15, 0.2) is 0 Å². The number of carbonyl (C=O) groups excluding carboxylic acids is 1. The van der Waals surface area contributed by atoms with Gasteiger partial charge in [-0.15, -0.1) is 0 Å². The number of fused-ring (bicyclic) bond motifs is 1. The summed E-state index contributed by atoms with van der Waals surface area (Å²) in [4.78, 5) is 34.7. The van der Waals surface area contributed by atoms with E-state index in [1.54, 1.807) is 6.07 Å². The van der Waals surface area contributed by atoms with Crippen molar-refractivity contribution < 1.29 is 4.79 Å². The number of halogens is 1. The monoisotopic (exact) mass is 508 g/mol. The van der Waals surface area contributed by atoms with Gasteiger partial charge in [-0.3, -0.25) is 9.69 Å². The minimum Gasteiger partial charge on any atom is -0.322 e. The minimum absolute atomic E-state index is 0.0899. The summed E-state index contributed by atoms with van der Waals surface area (Å²) in [7, 11) is 0. The zero-order valence-corrected chi connectivity index (χ0v) is 21.1. The Kier molecular flexibility index (Phi) is 6.55. The lowest BCUT2D eigenvalue weighted by molar-refractivity contribution is 0.142. The highest BCUT2D eigenvalue weighted by Gasteiger charge is 2.22. The van der Waals surface area contributed by atoms with Gasteiger partial charge in [0.25, 0.3) is 5.56 Å². The minimum atomic E-state index is -0.217. The van der Waals surface area contributed by atoms with Crippen LogP contribution in [0.5, 0.6) is 0 Å². The molecular weight excluding hydrogens is 484 g/mol. The van der Waals surface area contributed by atoms with E-state index in [1.165, 1.54) is 21.9 Å². The van der Waals surface area contributed by atoms with Crippen LogP contribution in [0.4, 0.5) is 10.5 Å². The van der Waals surface area contributed by atoms with Gasteiger partial charge in [0.2, 0.25) is 4.96 Å². The third-order valence-electron chi connectivity index (χ3n) is 6.08. The van der Waals surface area contributed by atoms with Crippen LogP contribution in [0.1, 0.15) is 16.8 Å². The Bertz CT molecular complexity index is 1460. The van der Waals surface area contributed by atoms with Crippen LogP contribution in [0.2, 0.25) is 5.02 Å². The second kappa shape index (κ2) is 9.77. The number of carbonyl (C=O) groups is 1. The molecule has 1 aliphatic rings. The van der Waals surface area contributed by atoms with Crippen LogP contribution in [0.15, 0.2) is 53.3 Å². The fourth-order valence-corrected chi connectivity index (χ4v) is 5.33. The Balaban J connectivity index is 1.24. The molecule has 0 bridgehead atoms. The molecule has 0 atom stereocenters. The molecule has 1 N–H and O–H groups in total. The van der Waals surface area contributed by atoms with Crippen LogP contribution in [-0.2, 0) is 6.54 Å². The first-order valence-electron chi connectivity index (χ1n) is 11.4. The molecule has 35 heavy (non-hydrogen) atoms. The van der Waals surface area contributed by atoms with Gasteiger partial charge in [0, 0.05) is 50.0 Å². The normalized spacial score (nSPS) is 14.4. The predicted molar refractivity (Wildman–Crippen MR) is 139 cm³/mol. The molecule has 180 valence electrons. The van der Waals surface area contributed by atoms with Crippen LogP contribution >= 0.6 is 22.9 Å². The van der Waals surface area contributed by atoms with Gasteiger partial charge in [0.05, 0.1) is 10.7 Å². The van der Waals surface area contributed by atoms with E-state index in [9.17, 15) is 9.59 Å². The van der Waals surface area contributed by atoms with Crippen molar-refractivity contribution >= 4 is 39.6 Å². The van der Waals surface area contributed by atoms with Crippen molar-refractivity contribution in [2.45, 2.75) is 20.4 Å². The number of anilines is 1. The smallest absolute Gasteiger partial charge is 0.321 e. The maximum atomic E-state index is 12.8. The lowest BCUT2D eigenvalue weighted by Gasteiger charge is -2.34. The van der Waals surface area contributed by atoms with Gasteiger partial charge in [-0.05, 0) is 37.1 Å². The van der Waals surface area contributed by atoms with Crippen molar-refractivity contribution in [1.82, 2.24) is 24.4 Å². The summed E-state index contributed by atoms with van der Waals surface area (Å²) in [6.45, 7) is 7.15.